The van der Waals surface area contributed by atoms with Crippen molar-refractivity contribution in [3.8, 4) is 5.75 Å². The van der Waals surface area contributed by atoms with Gasteiger partial charge in [0.2, 0.25) is 0 Å². The van der Waals surface area contributed by atoms with Crippen molar-refractivity contribution in [3.63, 3.8) is 0 Å². The van der Waals surface area contributed by atoms with Gasteiger partial charge < -0.3 is 14.8 Å². The molecule has 132 valence electrons. The lowest BCUT2D eigenvalue weighted by atomic mass is 10.1. The Kier molecular flexibility index (Phi) is 6.45. The number of carbonyl (C=O) groups is 2. The molecule has 0 fully saturated rings. The molecule has 25 heavy (non-hydrogen) atoms. The Hall–Kier alpha value is -2.96. The molecule has 0 saturated carbocycles. The minimum atomic E-state index is -2.94. The Morgan fingerprint density at radius 3 is 2.48 bits per heavy atom. The van der Waals surface area contributed by atoms with Gasteiger partial charge in [-0.15, -0.1) is 0 Å². The van der Waals surface area contributed by atoms with Crippen molar-refractivity contribution in [3.05, 3.63) is 59.7 Å². The second-order valence-electron chi connectivity index (χ2n) is 5.08. The fourth-order valence-corrected chi connectivity index (χ4v) is 2.05. The van der Waals surface area contributed by atoms with E-state index in [0.717, 1.165) is 12.0 Å². The van der Waals surface area contributed by atoms with Gasteiger partial charge in [0, 0.05) is 5.69 Å². The maximum atomic E-state index is 12.1. The minimum absolute atomic E-state index is 0.0694. The van der Waals surface area contributed by atoms with Gasteiger partial charge in [0.05, 0.1) is 5.56 Å². The lowest BCUT2D eigenvalue weighted by Crippen LogP contribution is -2.21. The van der Waals surface area contributed by atoms with E-state index in [4.69, 9.17) is 4.74 Å². The number of anilines is 1. The number of rotatable bonds is 7. The number of nitrogens with one attached hydrogen (secondary N) is 1. The van der Waals surface area contributed by atoms with E-state index >= 15 is 0 Å². The molecule has 0 aromatic heterocycles. The largest absolute Gasteiger partial charge is 0.452 e. The number of alkyl halides is 2. The highest BCUT2D eigenvalue weighted by Gasteiger charge is 2.11. The Morgan fingerprint density at radius 1 is 1.12 bits per heavy atom. The first-order valence-electron chi connectivity index (χ1n) is 7.58. The molecule has 1 N–H and O–H groups in total. The molecule has 0 aliphatic rings. The summed E-state index contributed by atoms with van der Waals surface area (Å²) < 4.78 is 33.2. The number of hydrogen-bond donors (Lipinski definition) is 1. The number of amides is 1. The van der Waals surface area contributed by atoms with Crippen molar-refractivity contribution < 1.29 is 27.8 Å². The topological polar surface area (TPSA) is 64.6 Å². The van der Waals surface area contributed by atoms with Crippen LogP contribution in [0.4, 0.5) is 14.5 Å². The third-order valence-electron chi connectivity index (χ3n) is 3.27. The third-order valence-corrected chi connectivity index (χ3v) is 3.27. The van der Waals surface area contributed by atoms with E-state index in [1.165, 1.54) is 24.3 Å². The fraction of sp³-hybridized carbons (Fsp3) is 0.222. The molecule has 0 radical (unpaired) electrons. The molecule has 0 atom stereocenters. The summed E-state index contributed by atoms with van der Waals surface area (Å²) >= 11 is 0. The highest BCUT2D eigenvalue weighted by atomic mass is 19.3. The van der Waals surface area contributed by atoms with E-state index in [1.54, 1.807) is 6.07 Å². The van der Waals surface area contributed by atoms with Gasteiger partial charge in [0.1, 0.15) is 5.75 Å². The summed E-state index contributed by atoms with van der Waals surface area (Å²) in [7, 11) is 0. The van der Waals surface area contributed by atoms with Crippen LogP contribution in [0.25, 0.3) is 0 Å². The van der Waals surface area contributed by atoms with E-state index in [-0.39, 0.29) is 11.3 Å². The van der Waals surface area contributed by atoms with Crippen molar-refractivity contribution in [1.29, 1.82) is 0 Å². The Balaban J connectivity index is 1.85. The van der Waals surface area contributed by atoms with Crippen molar-refractivity contribution in [1.82, 2.24) is 0 Å². The first-order valence-corrected chi connectivity index (χ1v) is 7.58. The third kappa shape index (κ3) is 5.87. The lowest BCUT2D eigenvalue weighted by Gasteiger charge is -2.08. The summed E-state index contributed by atoms with van der Waals surface area (Å²) in [4.78, 5) is 23.7. The van der Waals surface area contributed by atoms with Crippen LogP contribution in [0.2, 0.25) is 0 Å². The van der Waals surface area contributed by atoms with E-state index < -0.39 is 25.1 Å². The van der Waals surface area contributed by atoms with Gasteiger partial charge in [-0.05, 0) is 48.4 Å². The Labute approximate surface area is 143 Å². The van der Waals surface area contributed by atoms with Crippen LogP contribution < -0.4 is 10.1 Å². The first-order chi connectivity index (χ1) is 12.0. The van der Waals surface area contributed by atoms with Crippen LogP contribution in [0.5, 0.6) is 5.75 Å². The van der Waals surface area contributed by atoms with Crippen LogP contribution in [0, 0.1) is 0 Å². The van der Waals surface area contributed by atoms with Gasteiger partial charge in [0.25, 0.3) is 5.91 Å². The zero-order valence-electron chi connectivity index (χ0n) is 13.5. The number of aryl methyl sites for hydroxylation is 1. The zero-order valence-corrected chi connectivity index (χ0v) is 13.5. The van der Waals surface area contributed by atoms with Gasteiger partial charge in [-0.3, -0.25) is 4.79 Å². The van der Waals surface area contributed by atoms with Crippen molar-refractivity contribution in [2.45, 2.75) is 20.0 Å². The fourth-order valence-electron chi connectivity index (χ4n) is 2.05. The molecule has 0 unspecified atom stereocenters. The van der Waals surface area contributed by atoms with Gasteiger partial charge in [-0.1, -0.05) is 19.1 Å². The lowest BCUT2D eigenvalue weighted by molar-refractivity contribution is -0.119. The molecule has 0 aliphatic heterocycles. The molecule has 1 amide bonds. The standard InChI is InChI=1S/C18H17F2NO4/c1-2-12-4-3-5-14(10-12)21-16(22)11-24-17(23)13-6-8-15(9-7-13)25-18(19)20/h3-10,18H,2,11H2,1H3,(H,21,22). The van der Waals surface area contributed by atoms with Crippen LogP contribution >= 0.6 is 0 Å². The summed E-state index contributed by atoms with van der Waals surface area (Å²) in [5.74, 6) is -1.28. The monoisotopic (exact) mass is 349 g/mol. The molecular formula is C18H17F2NO4. The van der Waals surface area contributed by atoms with Gasteiger partial charge in [-0.2, -0.15) is 8.78 Å². The van der Waals surface area contributed by atoms with E-state index in [0.29, 0.717) is 5.69 Å². The molecule has 0 spiro atoms. The molecule has 2 rings (SSSR count). The van der Waals surface area contributed by atoms with E-state index in [1.807, 2.05) is 25.1 Å². The summed E-state index contributed by atoms with van der Waals surface area (Å²) in [5, 5.41) is 2.63. The number of esters is 1. The minimum Gasteiger partial charge on any atom is -0.452 e. The maximum Gasteiger partial charge on any atom is 0.387 e. The average Bonchev–Trinajstić information content (AvgIpc) is 2.60. The van der Waals surface area contributed by atoms with Crippen molar-refractivity contribution >= 4 is 17.6 Å². The zero-order chi connectivity index (χ0) is 18.2. The van der Waals surface area contributed by atoms with Crippen LogP contribution in [0.15, 0.2) is 48.5 Å². The number of carbonyl (C=O) groups excluding carboxylic acids is 2. The predicted molar refractivity (Wildman–Crippen MR) is 87.8 cm³/mol. The summed E-state index contributed by atoms with van der Waals surface area (Å²) in [5.41, 5.74) is 1.82. The Morgan fingerprint density at radius 2 is 1.84 bits per heavy atom. The summed E-state index contributed by atoms with van der Waals surface area (Å²) in [6.45, 7) is -1.39. The number of benzene rings is 2. The molecule has 2 aromatic rings. The van der Waals surface area contributed by atoms with Gasteiger partial charge in [0.15, 0.2) is 6.61 Å². The van der Waals surface area contributed by atoms with Crippen LogP contribution in [-0.4, -0.2) is 25.1 Å². The molecule has 2 aromatic carbocycles. The van der Waals surface area contributed by atoms with E-state index in [2.05, 4.69) is 10.1 Å². The summed E-state index contributed by atoms with van der Waals surface area (Å²) in [6, 6.07) is 12.3. The maximum absolute atomic E-state index is 12.1. The Bertz CT molecular complexity index is 732. The van der Waals surface area contributed by atoms with Crippen molar-refractivity contribution in [2.24, 2.45) is 0 Å². The number of hydrogen-bond acceptors (Lipinski definition) is 4. The van der Waals surface area contributed by atoms with Crippen LogP contribution in [-0.2, 0) is 16.0 Å². The highest BCUT2D eigenvalue weighted by molar-refractivity contribution is 5.95. The molecular weight excluding hydrogens is 332 g/mol. The smallest absolute Gasteiger partial charge is 0.387 e. The second kappa shape index (κ2) is 8.77. The van der Waals surface area contributed by atoms with Crippen molar-refractivity contribution in [2.75, 3.05) is 11.9 Å². The first kappa shape index (κ1) is 18.4. The average molecular weight is 349 g/mol. The van der Waals surface area contributed by atoms with Crippen LogP contribution in [0.1, 0.15) is 22.8 Å². The summed E-state index contributed by atoms with van der Waals surface area (Å²) in [6.07, 6.45) is 0.837. The van der Waals surface area contributed by atoms with E-state index in [9.17, 15) is 18.4 Å². The molecule has 7 heteroatoms. The molecule has 5 nitrogen and oxygen atoms in total. The molecule has 0 bridgehead atoms. The predicted octanol–water partition coefficient (Wildman–Crippen LogP) is 3.65. The number of ether oxygens (including phenoxy) is 2. The molecule has 0 aliphatic carbocycles. The number of halogens is 2. The SMILES string of the molecule is CCc1cccc(NC(=O)COC(=O)c2ccc(OC(F)F)cc2)c1. The highest BCUT2D eigenvalue weighted by Crippen LogP contribution is 2.15. The second-order valence-corrected chi connectivity index (χ2v) is 5.08. The normalized spacial score (nSPS) is 10.4. The van der Waals surface area contributed by atoms with Gasteiger partial charge in [-0.25, -0.2) is 4.79 Å². The quantitative estimate of drug-likeness (QED) is 0.775. The molecule has 0 heterocycles. The molecule has 0 saturated heterocycles. The van der Waals surface area contributed by atoms with Crippen LogP contribution in [0.3, 0.4) is 0 Å². The van der Waals surface area contributed by atoms with Gasteiger partial charge >= 0.3 is 12.6 Å².